The molecule has 2 heterocycles. The predicted octanol–water partition coefficient (Wildman–Crippen LogP) is 3.81. The molecule has 2 aromatic heterocycles. The highest BCUT2D eigenvalue weighted by Gasteiger charge is 2.13. The van der Waals surface area contributed by atoms with Crippen molar-refractivity contribution in [2.45, 2.75) is 19.8 Å². The van der Waals surface area contributed by atoms with E-state index < -0.39 is 0 Å². The molecule has 0 radical (unpaired) electrons. The second-order valence-corrected chi connectivity index (χ2v) is 7.41. The van der Waals surface area contributed by atoms with E-state index in [1.54, 1.807) is 12.1 Å². The van der Waals surface area contributed by atoms with Crippen LogP contribution in [0.2, 0.25) is 0 Å². The Morgan fingerprint density at radius 2 is 1.96 bits per heavy atom. The second kappa shape index (κ2) is 7.90. The summed E-state index contributed by atoms with van der Waals surface area (Å²) >= 11 is 1.54. The van der Waals surface area contributed by atoms with Crippen LogP contribution < -0.4 is 5.32 Å². The lowest BCUT2D eigenvalue weighted by Gasteiger charge is -2.05. The van der Waals surface area contributed by atoms with Gasteiger partial charge in [-0.3, -0.25) is 4.79 Å². The molecular weight excluding hydrogens is 375 g/mol. The average Bonchev–Trinajstić information content (AvgIpc) is 3.26. The minimum absolute atomic E-state index is 0.0859. The molecular formula is C21H19FN4OS. The standard InChI is InChI=1S/C21H19FN4OS/c1-14-4-2-3-5-18(14)20-24-21-26(25-20)17(13-28-21)10-11-23-19(27)12-15-6-8-16(22)9-7-15/h2-9,13H,10-12H2,1H3,(H,23,27). The molecule has 5 nitrogen and oxygen atoms in total. The third kappa shape index (κ3) is 3.94. The lowest BCUT2D eigenvalue weighted by Crippen LogP contribution is -2.27. The number of thiazole rings is 1. The van der Waals surface area contributed by atoms with Crippen LogP contribution in [0.25, 0.3) is 16.3 Å². The molecule has 0 saturated heterocycles. The number of nitrogens with one attached hydrogen (secondary N) is 1. The summed E-state index contributed by atoms with van der Waals surface area (Å²) in [5.74, 6) is 0.326. The molecule has 0 aliphatic heterocycles. The molecule has 4 aromatic rings. The molecule has 0 spiro atoms. The number of aryl methyl sites for hydroxylation is 1. The van der Waals surface area contributed by atoms with Crippen LogP contribution in [0, 0.1) is 12.7 Å². The molecule has 1 N–H and O–H groups in total. The lowest BCUT2D eigenvalue weighted by atomic mass is 10.1. The Morgan fingerprint density at radius 1 is 1.18 bits per heavy atom. The van der Waals surface area contributed by atoms with E-state index in [9.17, 15) is 9.18 Å². The third-order valence-corrected chi connectivity index (χ3v) is 5.38. The number of halogens is 1. The normalized spacial score (nSPS) is 11.1. The molecule has 0 aliphatic rings. The summed E-state index contributed by atoms with van der Waals surface area (Å²) in [7, 11) is 0. The van der Waals surface area contributed by atoms with Crippen LogP contribution in [-0.2, 0) is 17.6 Å². The van der Waals surface area contributed by atoms with Gasteiger partial charge in [0.25, 0.3) is 0 Å². The fraction of sp³-hybridized carbons (Fsp3) is 0.190. The summed E-state index contributed by atoms with van der Waals surface area (Å²) in [6, 6.07) is 14.0. The Morgan fingerprint density at radius 3 is 2.75 bits per heavy atom. The Balaban J connectivity index is 1.39. The van der Waals surface area contributed by atoms with Crippen molar-refractivity contribution >= 4 is 22.2 Å². The minimum atomic E-state index is -0.302. The Bertz CT molecular complexity index is 1120. The number of benzene rings is 2. The maximum atomic E-state index is 12.9. The van der Waals surface area contributed by atoms with E-state index >= 15 is 0 Å². The van der Waals surface area contributed by atoms with Crippen LogP contribution in [0.5, 0.6) is 0 Å². The van der Waals surface area contributed by atoms with E-state index in [1.807, 2.05) is 41.1 Å². The highest BCUT2D eigenvalue weighted by atomic mass is 32.1. The number of nitrogens with zero attached hydrogens (tertiary/aromatic N) is 3. The number of carbonyl (C=O) groups excluding carboxylic acids is 1. The first-order valence-corrected chi connectivity index (χ1v) is 9.88. The number of carbonyl (C=O) groups is 1. The first-order valence-electron chi connectivity index (χ1n) is 9.00. The minimum Gasteiger partial charge on any atom is -0.355 e. The highest BCUT2D eigenvalue weighted by Crippen LogP contribution is 2.23. The number of fused-ring (bicyclic) bond motifs is 1. The molecule has 142 valence electrons. The van der Waals surface area contributed by atoms with Gasteiger partial charge in [0.2, 0.25) is 10.9 Å². The maximum Gasteiger partial charge on any atom is 0.224 e. The van der Waals surface area contributed by atoms with E-state index in [1.165, 1.54) is 23.5 Å². The van der Waals surface area contributed by atoms with Crippen LogP contribution in [0.1, 0.15) is 16.8 Å². The zero-order valence-corrected chi connectivity index (χ0v) is 16.2. The van der Waals surface area contributed by atoms with Crippen molar-refractivity contribution in [1.82, 2.24) is 19.9 Å². The molecule has 0 bridgehead atoms. The van der Waals surface area contributed by atoms with Crippen molar-refractivity contribution in [1.29, 1.82) is 0 Å². The van der Waals surface area contributed by atoms with Gasteiger partial charge < -0.3 is 5.32 Å². The van der Waals surface area contributed by atoms with E-state index in [4.69, 9.17) is 0 Å². The number of amides is 1. The second-order valence-electron chi connectivity index (χ2n) is 6.57. The predicted molar refractivity (Wildman–Crippen MR) is 108 cm³/mol. The van der Waals surface area contributed by atoms with E-state index in [-0.39, 0.29) is 18.1 Å². The zero-order valence-electron chi connectivity index (χ0n) is 15.4. The van der Waals surface area contributed by atoms with Gasteiger partial charge in [0.15, 0.2) is 5.82 Å². The van der Waals surface area contributed by atoms with Crippen LogP contribution >= 0.6 is 11.3 Å². The van der Waals surface area contributed by atoms with Crippen molar-refractivity contribution in [3.63, 3.8) is 0 Å². The quantitative estimate of drug-likeness (QED) is 0.541. The number of rotatable bonds is 6. The smallest absolute Gasteiger partial charge is 0.224 e. The molecule has 7 heteroatoms. The molecule has 0 fully saturated rings. The van der Waals surface area contributed by atoms with Crippen molar-refractivity contribution in [3.8, 4) is 11.4 Å². The number of hydrogen-bond acceptors (Lipinski definition) is 4. The topological polar surface area (TPSA) is 59.3 Å². The molecule has 0 saturated carbocycles. The Kier molecular flexibility index (Phi) is 5.16. The van der Waals surface area contributed by atoms with Crippen LogP contribution in [0.15, 0.2) is 53.9 Å². The largest absolute Gasteiger partial charge is 0.355 e. The summed E-state index contributed by atoms with van der Waals surface area (Å²) in [5.41, 5.74) is 3.96. The molecule has 0 atom stereocenters. The fourth-order valence-corrected chi connectivity index (χ4v) is 3.87. The van der Waals surface area contributed by atoms with Crippen molar-refractivity contribution in [2.24, 2.45) is 0 Å². The van der Waals surface area contributed by atoms with Gasteiger partial charge in [-0.15, -0.1) is 16.4 Å². The molecule has 0 unspecified atom stereocenters. The summed E-state index contributed by atoms with van der Waals surface area (Å²) in [6.07, 6.45) is 0.895. The third-order valence-electron chi connectivity index (χ3n) is 4.52. The molecule has 28 heavy (non-hydrogen) atoms. The van der Waals surface area contributed by atoms with E-state index in [0.29, 0.717) is 18.8 Å². The van der Waals surface area contributed by atoms with Gasteiger partial charge in [-0.25, -0.2) is 8.91 Å². The van der Waals surface area contributed by atoms with Crippen molar-refractivity contribution < 1.29 is 9.18 Å². The van der Waals surface area contributed by atoms with Crippen LogP contribution in [-0.4, -0.2) is 27.0 Å². The van der Waals surface area contributed by atoms with Gasteiger partial charge >= 0.3 is 0 Å². The summed E-state index contributed by atoms with van der Waals surface area (Å²) in [4.78, 5) is 17.5. The molecule has 2 aromatic carbocycles. The summed E-state index contributed by atoms with van der Waals surface area (Å²) in [5, 5.41) is 9.57. The average molecular weight is 394 g/mol. The summed E-state index contributed by atoms with van der Waals surface area (Å²) < 4.78 is 14.8. The van der Waals surface area contributed by atoms with Gasteiger partial charge in [0.05, 0.1) is 12.1 Å². The zero-order chi connectivity index (χ0) is 19.5. The van der Waals surface area contributed by atoms with Gasteiger partial charge in [0, 0.05) is 23.9 Å². The monoisotopic (exact) mass is 394 g/mol. The molecule has 0 aliphatic carbocycles. The van der Waals surface area contributed by atoms with Gasteiger partial charge in [-0.1, -0.05) is 36.4 Å². The van der Waals surface area contributed by atoms with Crippen LogP contribution in [0.4, 0.5) is 4.39 Å². The molecule has 1 amide bonds. The van der Waals surface area contributed by atoms with Crippen molar-refractivity contribution in [3.05, 3.63) is 76.5 Å². The van der Waals surface area contributed by atoms with Gasteiger partial charge in [-0.2, -0.15) is 4.98 Å². The highest BCUT2D eigenvalue weighted by molar-refractivity contribution is 7.15. The maximum absolute atomic E-state index is 12.9. The van der Waals surface area contributed by atoms with Gasteiger partial charge in [-0.05, 0) is 30.2 Å². The Hall–Kier alpha value is -3.06. The fourth-order valence-electron chi connectivity index (χ4n) is 3.01. The first kappa shape index (κ1) is 18.3. The van der Waals surface area contributed by atoms with E-state index in [2.05, 4.69) is 15.4 Å². The van der Waals surface area contributed by atoms with E-state index in [0.717, 1.165) is 27.3 Å². The Labute approximate surface area is 165 Å². The van der Waals surface area contributed by atoms with Crippen molar-refractivity contribution in [2.75, 3.05) is 6.54 Å². The SMILES string of the molecule is Cc1ccccc1-c1nc2scc(CCNC(=O)Cc3ccc(F)cc3)n2n1. The number of aromatic nitrogens is 3. The first-order chi connectivity index (χ1) is 13.6. The molecule has 4 rings (SSSR count). The lowest BCUT2D eigenvalue weighted by molar-refractivity contribution is -0.120. The number of hydrogen-bond donors (Lipinski definition) is 1. The van der Waals surface area contributed by atoms with Crippen LogP contribution in [0.3, 0.4) is 0 Å². The summed E-state index contributed by atoms with van der Waals surface area (Å²) in [6.45, 7) is 2.55. The van der Waals surface area contributed by atoms with Gasteiger partial charge in [0.1, 0.15) is 5.82 Å².